The number of hydrogen-bond donors (Lipinski definition) is 3. The van der Waals surface area contributed by atoms with Crippen molar-refractivity contribution in [2.75, 3.05) is 70.5 Å². The van der Waals surface area contributed by atoms with Crippen molar-refractivity contribution in [1.29, 1.82) is 5.26 Å². The Kier molecular flexibility index (Phi) is 18.2. The highest BCUT2D eigenvalue weighted by molar-refractivity contribution is 7.13. The number of aliphatic hydroxyl groups excluding tert-OH is 1. The summed E-state index contributed by atoms with van der Waals surface area (Å²) in [6.07, 6.45) is 1.99. The number of carbonyl (C=O) groups is 3. The molecule has 3 N–H and O–H groups in total. The molecular formula is C61H66ClFN10O9S. The van der Waals surface area contributed by atoms with Crippen LogP contribution in [-0.4, -0.2) is 153 Å². The number of nitrogens with zero attached hydrogens (tertiary/aromatic N) is 9. The number of likely N-dealkylation sites (tertiary alicyclic amines) is 2. The van der Waals surface area contributed by atoms with Crippen molar-refractivity contribution in [3.05, 3.63) is 119 Å². The van der Waals surface area contributed by atoms with Gasteiger partial charge < -0.3 is 49.0 Å². The Balaban J connectivity index is 0.726. The van der Waals surface area contributed by atoms with Gasteiger partial charge in [0.05, 0.1) is 64.5 Å². The minimum absolute atomic E-state index is 0.00994. The molecule has 0 bridgehead atoms. The minimum Gasteiger partial charge on any atom is -0.508 e. The number of benzene rings is 4. The first-order valence-corrected chi connectivity index (χ1v) is 29.2. The van der Waals surface area contributed by atoms with Crippen molar-refractivity contribution in [2.45, 2.75) is 89.6 Å². The van der Waals surface area contributed by atoms with Gasteiger partial charge in [0.1, 0.15) is 42.3 Å². The standard InChI is InChI=1S/C61H66ClFN10O9S/c1-6-52(76)72-22-21-71(32-41(72)15-18-64)58-47-30-48(62)54(46-28-42(74)27-40-9-7-8-10-45(40)46)55(63)56(47)67-61(68-58)81-24-23-70-19-16-44(17-20-70)79-25-26-80-51-31-50(82-69-51)53(35(2)3)60(78)73-33-43(75)29-49(73)59(77)66-36(4)38-11-13-39(14-12-38)57-37(5)65-34-83-57/h6-14,27-28,30-31,34-36,41,43-44,49,53,74-75H,1,15-17,19-26,29,32-33H2,2-5H3,(H,66,77)/t36-,41-,43+,49-,53-/m0/s1. The third kappa shape index (κ3) is 12.9. The number of piperidine rings is 1. The van der Waals surface area contributed by atoms with Gasteiger partial charge in [0.15, 0.2) is 11.6 Å². The molecule has 83 heavy (non-hydrogen) atoms. The molecule has 10 rings (SSSR count). The van der Waals surface area contributed by atoms with Crippen LogP contribution < -0.4 is 19.7 Å². The number of thiazole rings is 1. The van der Waals surface area contributed by atoms with E-state index in [0.717, 1.165) is 47.6 Å². The van der Waals surface area contributed by atoms with Crippen LogP contribution >= 0.6 is 22.9 Å². The number of phenolic OH excluding ortho intramolecular Hbond substituents is 1. The topological polar surface area (TPSA) is 233 Å². The molecule has 6 heterocycles. The number of aromatic hydroxyl groups is 1. The van der Waals surface area contributed by atoms with Gasteiger partial charge in [-0.3, -0.25) is 19.3 Å². The summed E-state index contributed by atoms with van der Waals surface area (Å²) in [5.41, 5.74) is 5.13. The molecular weight excluding hydrogens is 1100 g/mol. The number of nitriles is 1. The number of amides is 3. The van der Waals surface area contributed by atoms with E-state index in [-0.39, 0.29) is 122 Å². The molecule has 3 aliphatic heterocycles. The number of rotatable bonds is 20. The van der Waals surface area contributed by atoms with Gasteiger partial charge in [-0.15, -0.1) is 11.3 Å². The number of carbonyl (C=O) groups excluding carboxylic acids is 3. The van der Waals surface area contributed by atoms with Crippen LogP contribution in [0.15, 0.2) is 95.5 Å². The molecule has 0 unspecified atom stereocenters. The smallest absolute Gasteiger partial charge is 0.319 e. The zero-order chi connectivity index (χ0) is 58.5. The van der Waals surface area contributed by atoms with Crippen LogP contribution in [0.1, 0.15) is 75.4 Å². The highest BCUT2D eigenvalue weighted by atomic mass is 35.5. The third-order valence-corrected chi connectivity index (χ3v) is 17.0. The second-order valence-electron chi connectivity index (χ2n) is 21.6. The largest absolute Gasteiger partial charge is 0.508 e. The molecule has 0 radical (unpaired) electrons. The number of nitrogens with one attached hydrogen (secondary N) is 1. The number of piperazine rings is 1. The van der Waals surface area contributed by atoms with Gasteiger partial charge in [-0.2, -0.15) is 15.2 Å². The average molecular weight is 1170 g/mol. The van der Waals surface area contributed by atoms with E-state index in [9.17, 15) is 29.9 Å². The van der Waals surface area contributed by atoms with Gasteiger partial charge in [-0.05, 0) is 89.5 Å². The second-order valence-corrected chi connectivity index (χ2v) is 22.9. The van der Waals surface area contributed by atoms with E-state index >= 15 is 4.39 Å². The predicted octanol–water partition coefficient (Wildman–Crippen LogP) is 9.00. The van der Waals surface area contributed by atoms with Crippen LogP contribution in [0.4, 0.5) is 10.2 Å². The molecule has 0 saturated carbocycles. The number of aromatic nitrogens is 4. The zero-order valence-corrected chi connectivity index (χ0v) is 48.2. The molecule has 5 atom stereocenters. The van der Waals surface area contributed by atoms with Crippen molar-refractivity contribution < 1.29 is 47.7 Å². The normalized spacial score (nSPS) is 18.6. The Morgan fingerprint density at radius 1 is 0.976 bits per heavy atom. The number of halogens is 2. The van der Waals surface area contributed by atoms with Crippen LogP contribution in [0, 0.1) is 30.0 Å². The Morgan fingerprint density at radius 3 is 2.49 bits per heavy atom. The molecule has 434 valence electrons. The number of aliphatic hydroxyl groups is 1. The summed E-state index contributed by atoms with van der Waals surface area (Å²) in [5.74, 6) is -1.95. The fourth-order valence-electron chi connectivity index (χ4n) is 11.5. The van der Waals surface area contributed by atoms with Gasteiger partial charge >= 0.3 is 6.01 Å². The SMILES string of the molecule is C=CC(=O)N1CCN(c2nc(OCCN3CCC(OCCOc4cc([C@@H](C(=O)N5C[C@H](O)C[C@H]5C(=O)N[C@@H](C)c5ccc(-c6scnc6C)cc5)C(C)C)on4)CC3)nc3c(F)c(-c4cc(O)cc5ccccc45)c(Cl)cc23)C[C@@H]1CC#N. The maximum atomic E-state index is 17.2. The Bertz CT molecular complexity index is 3550. The summed E-state index contributed by atoms with van der Waals surface area (Å²) in [6.45, 7) is 14.7. The van der Waals surface area contributed by atoms with E-state index in [1.165, 1.54) is 17.0 Å². The number of fused-ring (bicyclic) bond motifs is 2. The van der Waals surface area contributed by atoms with E-state index in [2.05, 4.69) is 38.0 Å². The van der Waals surface area contributed by atoms with Gasteiger partial charge in [0.25, 0.3) is 5.88 Å². The summed E-state index contributed by atoms with van der Waals surface area (Å²) >= 11 is 8.53. The van der Waals surface area contributed by atoms with Crippen LogP contribution in [0.2, 0.25) is 5.02 Å². The van der Waals surface area contributed by atoms with E-state index in [1.807, 2.05) is 86.6 Å². The molecule has 3 aromatic heterocycles. The van der Waals surface area contributed by atoms with Gasteiger partial charge in [0.2, 0.25) is 17.7 Å². The monoisotopic (exact) mass is 1170 g/mol. The number of ether oxygens (including phenoxy) is 3. The van der Waals surface area contributed by atoms with Crippen molar-refractivity contribution in [3.63, 3.8) is 0 Å². The van der Waals surface area contributed by atoms with Gasteiger partial charge in [0, 0.05) is 69.3 Å². The van der Waals surface area contributed by atoms with E-state index in [1.54, 1.807) is 34.4 Å². The van der Waals surface area contributed by atoms with Crippen molar-refractivity contribution in [3.8, 4) is 45.3 Å². The Labute approximate surface area is 489 Å². The van der Waals surface area contributed by atoms with Gasteiger partial charge in [-0.1, -0.05) is 80.6 Å². The fourth-order valence-corrected chi connectivity index (χ4v) is 12.6. The number of hydrogen-bond acceptors (Lipinski definition) is 17. The van der Waals surface area contributed by atoms with Crippen LogP contribution in [0.5, 0.6) is 17.6 Å². The molecule has 19 nitrogen and oxygen atoms in total. The average Bonchev–Trinajstić information content (AvgIpc) is 4.00. The van der Waals surface area contributed by atoms with Gasteiger partial charge in [-0.25, -0.2) is 9.37 Å². The first kappa shape index (κ1) is 58.5. The molecule has 7 aromatic rings. The van der Waals surface area contributed by atoms with E-state index in [4.69, 9.17) is 35.3 Å². The first-order valence-electron chi connectivity index (χ1n) is 27.9. The zero-order valence-electron chi connectivity index (χ0n) is 46.7. The quantitative estimate of drug-likeness (QED) is 0.0477. The van der Waals surface area contributed by atoms with Crippen molar-refractivity contribution in [1.82, 2.24) is 40.1 Å². The lowest BCUT2D eigenvalue weighted by atomic mass is 9.91. The molecule has 3 saturated heterocycles. The summed E-state index contributed by atoms with van der Waals surface area (Å²) in [6, 6.07) is 22.0. The maximum Gasteiger partial charge on any atom is 0.319 e. The lowest BCUT2D eigenvalue weighted by Crippen LogP contribution is -2.55. The molecule has 4 aromatic carbocycles. The van der Waals surface area contributed by atoms with E-state index in [0.29, 0.717) is 46.4 Å². The highest BCUT2D eigenvalue weighted by Crippen LogP contribution is 2.43. The lowest BCUT2D eigenvalue weighted by molar-refractivity contribution is -0.141. The van der Waals surface area contributed by atoms with Crippen LogP contribution in [-0.2, 0) is 19.1 Å². The van der Waals surface area contributed by atoms with Crippen LogP contribution in [0.3, 0.4) is 0 Å². The molecule has 3 amide bonds. The molecule has 0 aliphatic carbocycles. The Hall–Kier alpha value is -7.74. The number of anilines is 1. The minimum atomic E-state index is -0.874. The van der Waals surface area contributed by atoms with E-state index < -0.39 is 29.9 Å². The predicted molar refractivity (Wildman–Crippen MR) is 313 cm³/mol. The summed E-state index contributed by atoms with van der Waals surface area (Å²) < 4.78 is 41.3. The van der Waals surface area contributed by atoms with Crippen molar-refractivity contribution >= 4 is 68.2 Å². The first-order chi connectivity index (χ1) is 40.1. The summed E-state index contributed by atoms with van der Waals surface area (Å²) in [7, 11) is 0. The fraction of sp³-hybridized carbons (Fsp3) is 0.410. The molecule has 0 spiro atoms. The summed E-state index contributed by atoms with van der Waals surface area (Å²) in [4.78, 5) is 62.9. The lowest BCUT2D eigenvalue weighted by Gasteiger charge is -2.41. The number of aryl methyl sites for hydroxylation is 1. The number of β-amino-alcohol motifs (C(OH)–C–C–N with tert-alkyl or cyclic N) is 1. The third-order valence-electron chi connectivity index (χ3n) is 15.8. The molecule has 3 fully saturated rings. The number of phenols is 1. The van der Waals surface area contributed by atoms with Crippen molar-refractivity contribution in [2.24, 2.45) is 5.92 Å². The highest BCUT2D eigenvalue weighted by Gasteiger charge is 2.44. The second kappa shape index (κ2) is 25.8. The maximum absolute atomic E-state index is 17.2. The molecule has 3 aliphatic rings. The Morgan fingerprint density at radius 2 is 1.76 bits per heavy atom. The van der Waals surface area contributed by atoms with Crippen LogP contribution in [0.25, 0.3) is 43.2 Å². The summed E-state index contributed by atoms with van der Waals surface area (Å²) in [5, 5.41) is 40.1. The molecule has 22 heteroatoms.